The first kappa shape index (κ1) is 17.7. The monoisotopic (exact) mass is 340 g/mol. The standard InChI is InChI=1S/C20H28N4O/c1-5-17-12-18(23-19(22-17)21-6-2)24-10-9-14-11-16(20(3,4)25)8-7-15(14)13-24/h7-8,11-12,25H,5-6,9-10,13H2,1-4H3,(H,21,22,23). The van der Waals surface area contributed by atoms with E-state index in [1.165, 1.54) is 11.1 Å². The molecule has 0 spiro atoms. The molecule has 0 amide bonds. The lowest BCUT2D eigenvalue weighted by Crippen LogP contribution is -2.32. The summed E-state index contributed by atoms with van der Waals surface area (Å²) in [6.07, 6.45) is 1.86. The van der Waals surface area contributed by atoms with Crippen molar-refractivity contribution in [2.45, 2.75) is 52.7 Å². The number of nitrogens with one attached hydrogen (secondary N) is 1. The Morgan fingerprint density at radius 2 is 1.96 bits per heavy atom. The molecule has 0 saturated heterocycles. The number of nitrogens with zero attached hydrogens (tertiary/aromatic N) is 3. The lowest BCUT2D eigenvalue weighted by Gasteiger charge is -2.31. The van der Waals surface area contributed by atoms with Gasteiger partial charge in [-0.05, 0) is 50.3 Å². The van der Waals surface area contributed by atoms with Crippen molar-refractivity contribution in [2.24, 2.45) is 0 Å². The second-order valence-electron chi connectivity index (χ2n) is 7.14. The molecular formula is C20H28N4O. The number of hydrogen-bond donors (Lipinski definition) is 2. The summed E-state index contributed by atoms with van der Waals surface area (Å²) in [6, 6.07) is 8.41. The van der Waals surface area contributed by atoms with Crippen molar-refractivity contribution in [2.75, 3.05) is 23.3 Å². The Kier molecular flexibility index (Phi) is 4.95. The molecule has 0 fully saturated rings. The summed E-state index contributed by atoms with van der Waals surface area (Å²) in [5, 5.41) is 13.5. The molecule has 2 aromatic rings. The number of aryl methyl sites for hydroxylation is 1. The van der Waals surface area contributed by atoms with Gasteiger partial charge in [0.25, 0.3) is 0 Å². The van der Waals surface area contributed by atoms with E-state index >= 15 is 0 Å². The Bertz CT molecular complexity index is 752. The highest BCUT2D eigenvalue weighted by Gasteiger charge is 2.22. The zero-order chi connectivity index (χ0) is 18.0. The Morgan fingerprint density at radius 3 is 2.64 bits per heavy atom. The molecule has 2 heterocycles. The Balaban J connectivity index is 1.86. The summed E-state index contributed by atoms with van der Waals surface area (Å²) in [7, 11) is 0. The lowest BCUT2D eigenvalue weighted by molar-refractivity contribution is 0.0785. The third kappa shape index (κ3) is 3.93. The third-order valence-electron chi connectivity index (χ3n) is 4.71. The van der Waals surface area contributed by atoms with Crippen molar-refractivity contribution in [3.05, 3.63) is 46.6 Å². The fraction of sp³-hybridized carbons (Fsp3) is 0.500. The summed E-state index contributed by atoms with van der Waals surface area (Å²) >= 11 is 0. The molecule has 0 bridgehead atoms. The van der Waals surface area contributed by atoms with Crippen LogP contribution in [0.5, 0.6) is 0 Å². The Labute approximate surface area is 150 Å². The van der Waals surface area contributed by atoms with Gasteiger partial charge in [0, 0.05) is 31.4 Å². The minimum atomic E-state index is -0.796. The van der Waals surface area contributed by atoms with Gasteiger partial charge in [0.2, 0.25) is 5.95 Å². The maximum atomic E-state index is 10.2. The van der Waals surface area contributed by atoms with Crippen LogP contribution in [0.1, 0.15) is 50.1 Å². The average molecular weight is 340 g/mol. The van der Waals surface area contributed by atoms with Crippen LogP contribution in [0.25, 0.3) is 0 Å². The van der Waals surface area contributed by atoms with Gasteiger partial charge < -0.3 is 15.3 Å². The number of fused-ring (bicyclic) bond motifs is 1. The molecule has 5 heteroatoms. The van der Waals surface area contributed by atoms with E-state index in [0.29, 0.717) is 5.95 Å². The molecule has 134 valence electrons. The molecule has 0 radical (unpaired) electrons. The fourth-order valence-corrected chi connectivity index (χ4v) is 3.19. The Morgan fingerprint density at radius 1 is 1.16 bits per heavy atom. The zero-order valence-corrected chi connectivity index (χ0v) is 15.6. The second-order valence-corrected chi connectivity index (χ2v) is 7.14. The first-order chi connectivity index (χ1) is 11.9. The van der Waals surface area contributed by atoms with Crippen LogP contribution in [0.4, 0.5) is 11.8 Å². The van der Waals surface area contributed by atoms with Crippen LogP contribution in [0.2, 0.25) is 0 Å². The molecule has 1 aliphatic heterocycles. The van der Waals surface area contributed by atoms with E-state index < -0.39 is 5.60 Å². The molecule has 1 aromatic heterocycles. The first-order valence-electron chi connectivity index (χ1n) is 9.12. The molecule has 0 aliphatic carbocycles. The van der Waals surface area contributed by atoms with Crippen molar-refractivity contribution in [3.8, 4) is 0 Å². The average Bonchev–Trinajstić information content (AvgIpc) is 2.60. The van der Waals surface area contributed by atoms with E-state index in [-0.39, 0.29) is 0 Å². The van der Waals surface area contributed by atoms with E-state index in [4.69, 9.17) is 0 Å². The van der Waals surface area contributed by atoms with Crippen LogP contribution < -0.4 is 10.2 Å². The van der Waals surface area contributed by atoms with E-state index in [1.807, 2.05) is 19.9 Å². The van der Waals surface area contributed by atoms with Gasteiger partial charge >= 0.3 is 0 Å². The predicted octanol–water partition coefficient (Wildman–Crippen LogP) is 3.26. The van der Waals surface area contributed by atoms with Crippen LogP contribution in [0.3, 0.4) is 0 Å². The molecule has 0 atom stereocenters. The van der Waals surface area contributed by atoms with Crippen LogP contribution in [-0.2, 0) is 25.0 Å². The van der Waals surface area contributed by atoms with Gasteiger partial charge in [0.05, 0.1) is 5.60 Å². The second kappa shape index (κ2) is 7.00. The quantitative estimate of drug-likeness (QED) is 0.875. The lowest BCUT2D eigenvalue weighted by atomic mass is 9.91. The number of aliphatic hydroxyl groups is 1. The maximum absolute atomic E-state index is 10.2. The number of anilines is 2. The highest BCUT2D eigenvalue weighted by Crippen LogP contribution is 2.28. The molecule has 2 N–H and O–H groups in total. The smallest absolute Gasteiger partial charge is 0.224 e. The molecule has 0 unspecified atom stereocenters. The first-order valence-corrected chi connectivity index (χ1v) is 9.12. The van der Waals surface area contributed by atoms with Crippen molar-refractivity contribution < 1.29 is 5.11 Å². The predicted molar refractivity (Wildman–Crippen MR) is 102 cm³/mol. The van der Waals surface area contributed by atoms with Crippen LogP contribution in [0, 0.1) is 0 Å². The number of aromatic nitrogens is 2. The summed E-state index contributed by atoms with van der Waals surface area (Å²) < 4.78 is 0. The van der Waals surface area contributed by atoms with E-state index in [0.717, 1.165) is 49.6 Å². The Hall–Kier alpha value is -2.14. The van der Waals surface area contributed by atoms with Crippen molar-refractivity contribution >= 4 is 11.8 Å². The highest BCUT2D eigenvalue weighted by atomic mass is 16.3. The minimum absolute atomic E-state index is 0.708. The molecule has 5 nitrogen and oxygen atoms in total. The zero-order valence-electron chi connectivity index (χ0n) is 15.6. The van der Waals surface area contributed by atoms with Crippen molar-refractivity contribution in [3.63, 3.8) is 0 Å². The van der Waals surface area contributed by atoms with Gasteiger partial charge in [-0.1, -0.05) is 25.1 Å². The van der Waals surface area contributed by atoms with Gasteiger partial charge in [-0.2, -0.15) is 4.98 Å². The molecular weight excluding hydrogens is 312 g/mol. The van der Waals surface area contributed by atoms with E-state index in [1.54, 1.807) is 0 Å². The largest absolute Gasteiger partial charge is 0.386 e. The van der Waals surface area contributed by atoms with Crippen molar-refractivity contribution in [1.29, 1.82) is 0 Å². The summed E-state index contributed by atoms with van der Waals surface area (Å²) in [6.45, 7) is 10.4. The van der Waals surface area contributed by atoms with Gasteiger partial charge in [-0.15, -0.1) is 0 Å². The summed E-state index contributed by atoms with van der Waals surface area (Å²) in [4.78, 5) is 11.5. The van der Waals surface area contributed by atoms with E-state index in [2.05, 4.69) is 52.2 Å². The van der Waals surface area contributed by atoms with E-state index in [9.17, 15) is 5.11 Å². The van der Waals surface area contributed by atoms with Gasteiger partial charge in [0.1, 0.15) is 5.82 Å². The van der Waals surface area contributed by atoms with Crippen LogP contribution in [-0.4, -0.2) is 28.2 Å². The van der Waals surface area contributed by atoms with Crippen molar-refractivity contribution in [1.82, 2.24) is 9.97 Å². The van der Waals surface area contributed by atoms with Gasteiger partial charge in [-0.3, -0.25) is 0 Å². The summed E-state index contributed by atoms with van der Waals surface area (Å²) in [5.74, 6) is 1.69. The SMILES string of the molecule is CCNc1nc(CC)cc(N2CCc3cc(C(C)(C)O)ccc3C2)n1. The molecule has 0 saturated carbocycles. The number of rotatable bonds is 5. The van der Waals surface area contributed by atoms with Gasteiger partial charge in [-0.25, -0.2) is 4.98 Å². The normalized spacial score (nSPS) is 14.4. The molecule has 25 heavy (non-hydrogen) atoms. The molecule has 1 aromatic carbocycles. The molecule has 3 rings (SSSR count). The van der Waals surface area contributed by atoms with Gasteiger partial charge in [0.15, 0.2) is 0 Å². The fourth-order valence-electron chi connectivity index (χ4n) is 3.19. The van der Waals surface area contributed by atoms with Crippen LogP contribution in [0.15, 0.2) is 24.3 Å². The van der Waals surface area contributed by atoms with Crippen LogP contribution >= 0.6 is 0 Å². The third-order valence-corrected chi connectivity index (χ3v) is 4.71. The highest BCUT2D eigenvalue weighted by molar-refractivity contribution is 5.49. The topological polar surface area (TPSA) is 61.3 Å². The minimum Gasteiger partial charge on any atom is -0.386 e. The number of benzene rings is 1. The maximum Gasteiger partial charge on any atom is 0.224 e. The number of hydrogen-bond acceptors (Lipinski definition) is 5. The summed E-state index contributed by atoms with van der Waals surface area (Å²) in [5.41, 5.74) is 3.87. The molecule has 1 aliphatic rings.